The molecule has 1 amide bonds. The third-order valence-corrected chi connectivity index (χ3v) is 3.67. The highest BCUT2D eigenvalue weighted by molar-refractivity contribution is 5.90. The molecule has 0 saturated carbocycles. The second kappa shape index (κ2) is 7.64. The van der Waals surface area contributed by atoms with Gasteiger partial charge in [0.2, 0.25) is 17.7 Å². The lowest BCUT2D eigenvalue weighted by atomic mass is 10.2. The minimum Gasteiger partial charge on any atom is -0.497 e. The third kappa shape index (κ3) is 3.97. The molecule has 8 nitrogen and oxygen atoms in total. The van der Waals surface area contributed by atoms with Crippen molar-refractivity contribution >= 4 is 11.6 Å². The normalized spacial score (nSPS) is 10.5. The maximum absolute atomic E-state index is 12.3. The van der Waals surface area contributed by atoms with Crippen molar-refractivity contribution in [3.8, 4) is 17.2 Å². The quantitative estimate of drug-likeness (QED) is 0.728. The van der Waals surface area contributed by atoms with E-state index in [0.717, 1.165) is 0 Å². The molecule has 0 atom stereocenters. The number of nitrogens with zero attached hydrogens (tertiary/aromatic N) is 3. The first kappa shape index (κ1) is 17.4. The fourth-order valence-electron chi connectivity index (χ4n) is 2.35. The zero-order valence-electron chi connectivity index (χ0n) is 14.4. The minimum absolute atomic E-state index is 0.140. The number of aromatic nitrogens is 3. The van der Waals surface area contributed by atoms with Gasteiger partial charge in [0.25, 0.3) is 5.56 Å². The molecule has 0 aliphatic heterocycles. The maximum atomic E-state index is 12.3. The van der Waals surface area contributed by atoms with Gasteiger partial charge in [0, 0.05) is 30.4 Å². The second-order valence-electron chi connectivity index (χ2n) is 5.52. The van der Waals surface area contributed by atoms with E-state index in [1.165, 1.54) is 16.8 Å². The summed E-state index contributed by atoms with van der Waals surface area (Å²) in [4.78, 5) is 24.3. The van der Waals surface area contributed by atoms with Gasteiger partial charge in [-0.15, -0.1) is 10.2 Å². The first-order chi connectivity index (χ1) is 12.6. The summed E-state index contributed by atoms with van der Waals surface area (Å²) >= 11 is 0. The molecule has 2 heterocycles. The molecule has 0 fully saturated rings. The van der Waals surface area contributed by atoms with Crippen LogP contribution in [0.25, 0.3) is 11.5 Å². The van der Waals surface area contributed by atoms with Crippen molar-refractivity contribution in [3.05, 3.63) is 58.8 Å². The van der Waals surface area contributed by atoms with Crippen LogP contribution in [0.4, 0.5) is 5.69 Å². The fraction of sp³-hybridized carbons (Fsp3) is 0.222. The van der Waals surface area contributed by atoms with Gasteiger partial charge in [0.05, 0.1) is 12.7 Å². The topological polar surface area (TPSA) is 99.2 Å². The predicted octanol–water partition coefficient (Wildman–Crippen LogP) is 2.11. The van der Waals surface area contributed by atoms with E-state index >= 15 is 0 Å². The number of carbonyl (C=O) groups is 1. The monoisotopic (exact) mass is 354 g/mol. The van der Waals surface area contributed by atoms with Gasteiger partial charge in [-0.1, -0.05) is 13.0 Å². The summed E-state index contributed by atoms with van der Waals surface area (Å²) in [6.45, 7) is 1.76. The van der Waals surface area contributed by atoms with Crippen molar-refractivity contribution in [2.24, 2.45) is 0 Å². The van der Waals surface area contributed by atoms with Crippen LogP contribution in [-0.4, -0.2) is 27.8 Å². The SMILES string of the molecule is CCc1nnc(-c2ccc(=O)n(CC(=O)Nc3cccc(OC)c3)c2)o1. The first-order valence-corrected chi connectivity index (χ1v) is 8.06. The molecular weight excluding hydrogens is 336 g/mol. The second-order valence-corrected chi connectivity index (χ2v) is 5.52. The summed E-state index contributed by atoms with van der Waals surface area (Å²) < 4.78 is 11.9. The summed E-state index contributed by atoms with van der Waals surface area (Å²) in [5.41, 5.74) is 0.860. The predicted molar refractivity (Wildman–Crippen MR) is 95.0 cm³/mol. The molecule has 2 aromatic heterocycles. The minimum atomic E-state index is -0.336. The molecule has 0 unspecified atom stereocenters. The fourth-order valence-corrected chi connectivity index (χ4v) is 2.35. The Balaban J connectivity index is 1.77. The van der Waals surface area contributed by atoms with Gasteiger partial charge >= 0.3 is 0 Å². The van der Waals surface area contributed by atoms with E-state index < -0.39 is 0 Å². The number of hydrogen-bond donors (Lipinski definition) is 1. The van der Waals surface area contributed by atoms with E-state index in [4.69, 9.17) is 9.15 Å². The van der Waals surface area contributed by atoms with Gasteiger partial charge in [-0.25, -0.2) is 0 Å². The van der Waals surface area contributed by atoms with Crippen LogP contribution in [0.2, 0.25) is 0 Å². The molecule has 0 aliphatic carbocycles. The largest absolute Gasteiger partial charge is 0.497 e. The van der Waals surface area contributed by atoms with Gasteiger partial charge in [0.15, 0.2) is 0 Å². The van der Waals surface area contributed by atoms with Crippen LogP contribution in [-0.2, 0) is 17.8 Å². The van der Waals surface area contributed by atoms with E-state index in [9.17, 15) is 9.59 Å². The number of methoxy groups -OCH3 is 1. The number of nitrogens with one attached hydrogen (secondary N) is 1. The van der Waals surface area contributed by atoms with Gasteiger partial charge in [-0.3, -0.25) is 9.59 Å². The van der Waals surface area contributed by atoms with Crippen LogP contribution in [0.3, 0.4) is 0 Å². The van der Waals surface area contributed by atoms with Crippen LogP contribution >= 0.6 is 0 Å². The van der Waals surface area contributed by atoms with Crippen molar-refractivity contribution in [1.29, 1.82) is 0 Å². The Hall–Kier alpha value is -3.42. The molecule has 1 aromatic carbocycles. The number of hydrogen-bond acceptors (Lipinski definition) is 6. The Morgan fingerprint density at radius 2 is 2.12 bits per heavy atom. The molecule has 0 bridgehead atoms. The highest BCUT2D eigenvalue weighted by Gasteiger charge is 2.11. The number of rotatable bonds is 6. The summed E-state index contributed by atoms with van der Waals surface area (Å²) in [6, 6.07) is 9.93. The van der Waals surface area contributed by atoms with Gasteiger partial charge in [-0.2, -0.15) is 0 Å². The average Bonchev–Trinajstić information content (AvgIpc) is 3.13. The zero-order chi connectivity index (χ0) is 18.5. The van der Waals surface area contributed by atoms with Crippen LogP contribution in [0.1, 0.15) is 12.8 Å². The van der Waals surface area contributed by atoms with Crippen LogP contribution < -0.4 is 15.6 Å². The molecule has 3 aromatic rings. The number of benzene rings is 1. The lowest BCUT2D eigenvalue weighted by Crippen LogP contribution is -2.26. The molecular formula is C18H18N4O4. The van der Waals surface area contributed by atoms with Gasteiger partial charge in [0.1, 0.15) is 12.3 Å². The van der Waals surface area contributed by atoms with Crippen molar-refractivity contribution in [2.45, 2.75) is 19.9 Å². The molecule has 1 N–H and O–H groups in total. The van der Waals surface area contributed by atoms with Crippen LogP contribution in [0.15, 0.2) is 51.8 Å². The van der Waals surface area contributed by atoms with Crippen molar-refractivity contribution in [3.63, 3.8) is 0 Å². The molecule has 0 aliphatic rings. The Morgan fingerprint density at radius 3 is 2.85 bits per heavy atom. The Bertz CT molecular complexity index is 977. The molecule has 3 rings (SSSR count). The van der Waals surface area contributed by atoms with Crippen molar-refractivity contribution in [1.82, 2.24) is 14.8 Å². The molecule has 0 spiro atoms. The van der Waals surface area contributed by atoms with Crippen LogP contribution in [0.5, 0.6) is 5.75 Å². The number of ether oxygens (including phenoxy) is 1. The molecule has 0 radical (unpaired) electrons. The Morgan fingerprint density at radius 1 is 1.27 bits per heavy atom. The summed E-state index contributed by atoms with van der Waals surface area (Å²) in [7, 11) is 1.55. The number of carbonyl (C=O) groups excluding carboxylic acids is 1. The lowest BCUT2D eigenvalue weighted by Gasteiger charge is -2.09. The Labute approximate surface area is 149 Å². The molecule has 26 heavy (non-hydrogen) atoms. The summed E-state index contributed by atoms with van der Waals surface area (Å²) in [6.07, 6.45) is 2.15. The van der Waals surface area contributed by atoms with Crippen molar-refractivity contribution in [2.75, 3.05) is 12.4 Å². The van der Waals surface area contributed by atoms with E-state index in [0.29, 0.717) is 35.2 Å². The summed E-state index contributed by atoms with van der Waals surface area (Å²) in [5, 5.41) is 10.6. The average molecular weight is 354 g/mol. The highest BCUT2D eigenvalue weighted by atomic mass is 16.5. The molecule has 8 heteroatoms. The van der Waals surface area contributed by atoms with Gasteiger partial charge < -0.3 is 19.0 Å². The lowest BCUT2D eigenvalue weighted by molar-refractivity contribution is -0.116. The standard InChI is InChI=1S/C18H18N4O4/c1-3-16-20-21-18(26-16)12-7-8-17(24)22(10-12)11-15(23)19-13-5-4-6-14(9-13)25-2/h4-10H,3,11H2,1-2H3,(H,19,23). The highest BCUT2D eigenvalue weighted by Crippen LogP contribution is 2.18. The molecule has 0 saturated heterocycles. The van der Waals surface area contributed by atoms with E-state index in [1.807, 2.05) is 6.92 Å². The zero-order valence-corrected chi connectivity index (χ0v) is 14.4. The maximum Gasteiger partial charge on any atom is 0.251 e. The van der Waals surface area contributed by atoms with Crippen molar-refractivity contribution < 1.29 is 13.9 Å². The molecule has 134 valence electrons. The van der Waals surface area contributed by atoms with E-state index in [2.05, 4.69) is 15.5 Å². The number of amides is 1. The smallest absolute Gasteiger partial charge is 0.251 e. The number of pyridine rings is 1. The summed E-state index contributed by atoms with van der Waals surface area (Å²) in [5.74, 6) is 1.11. The number of anilines is 1. The number of aryl methyl sites for hydroxylation is 1. The van der Waals surface area contributed by atoms with E-state index in [-0.39, 0.29) is 18.0 Å². The first-order valence-electron chi connectivity index (χ1n) is 8.06. The third-order valence-electron chi connectivity index (χ3n) is 3.67. The Kier molecular flexibility index (Phi) is 5.12. The van der Waals surface area contributed by atoms with E-state index in [1.54, 1.807) is 37.4 Å². The van der Waals surface area contributed by atoms with Gasteiger partial charge in [-0.05, 0) is 18.2 Å². The van der Waals surface area contributed by atoms with Crippen LogP contribution in [0, 0.1) is 0 Å².